The highest BCUT2D eigenvalue weighted by atomic mass is 16.4. The fourth-order valence-corrected chi connectivity index (χ4v) is 3.70. The lowest BCUT2D eigenvalue weighted by molar-refractivity contribution is -0.144. The van der Waals surface area contributed by atoms with Gasteiger partial charge in [-0.05, 0) is 56.4 Å². The molecule has 1 aromatic carbocycles. The van der Waals surface area contributed by atoms with Crippen molar-refractivity contribution in [3.8, 4) is 0 Å². The number of aliphatic carboxylic acids is 1. The summed E-state index contributed by atoms with van der Waals surface area (Å²) in [5.74, 6) is -0.803. The minimum absolute atomic E-state index is 0.150. The number of hydrogen-bond acceptors (Lipinski definition) is 3. The molecule has 1 aliphatic rings. The zero-order valence-electron chi connectivity index (χ0n) is 14.8. The zero-order chi connectivity index (χ0) is 18.1. The van der Waals surface area contributed by atoms with Crippen LogP contribution in [0.25, 0.3) is 0 Å². The van der Waals surface area contributed by atoms with Gasteiger partial charge in [-0.15, -0.1) is 0 Å². The first kappa shape index (κ1) is 19.7. The van der Waals surface area contributed by atoms with Gasteiger partial charge in [0.25, 0.3) is 0 Å². The Balaban J connectivity index is 1.68. The van der Waals surface area contributed by atoms with E-state index in [0.29, 0.717) is 12.8 Å². The number of hydrogen-bond donors (Lipinski definition) is 3. The maximum absolute atomic E-state index is 10.9. The van der Waals surface area contributed by atoms with Crippen molar-refractivity contribution in [1.29, 1.82) is 0 Å². The molecule has 0 bridgehead atoms. The Morgan fingerprint density at radius 1 is 1.28 bits per heavy atom. The third-order valence-electron chi connectivity index (χ3n) is 5.00. The van der Waals surface area contributed by atoms with Crippen molar-refractivity contribution in [3.05, 3.63) is 48.0 Å². The molecule has 1 aliphatic carbocycles. The van der Waals surface area contributed by atoms with Crippen LogP contribution in [-0.2, 0) is 11.2 Å². The molecule has 1 fully saturated rings. The van der Waals surface area contributed by atoms with E-state index in [0.717, 1.165) is 38.5 Å². The van der Waals surface area contributed by atoms with Gasteiger partial charge in [0.1, 0.15) is 0 Å². The van der Waals surface area contributed by atoms with Gasteiger partial charge >= 0.3 is 5.97 Å². The van der Waals surface area contributed by atoms with Crippen LogP contribution in [-0.4, -0.2) is 33.0 Å². The van der Waals surface area contributed by atoms with Gasteiger partial charge in [-0.2, -0.15) is 0 Å². The summed E-state index contributed by atoms with van der Waals surface area (Å²) in [6.45, 7) is 0. The quantitative estimate of drug-likeness (QED) is 0.470. The van der Waals surface area contributed by atoms with Gasteiger partial charge in [-0.25, -0.2) is 0 Å². The van der Waals surface area contributed by atoms with Crippen LogP contribution in [0.5, 0.6) is 0 Å². The summed E-state index contributed by atoms with van der Waals surface area (Å²) in [7, 11) is 0. The van der Waals surface area contributed by atoms with Crippen molar-refractivity contribution in [2.45, 2.75) is 69.5 Å². The van der Waals surface area contributed by atoms with Crippen LogP contribution in [0.3, 0.4) is 0 Å². The van der Waals surface area contributed by atoms with Gasteiger partial charge in [-0.3, -0.25) is 4.79 Å². The molecule has 0 aliphatic heterocycles. The molecule has 0 unspecified atom stereocenters. The first-order valence-corrected chi connectivity index (χ1v) is 9.31. The van der Waals surface area contributed by atoms with Crippen LogP contribution in [0, 0.1) is 5.92 Å². The number of carboxylic acids is 1. The molecule has 0 amide bonds. The van der Waals surface area contributed by atoms with E-state index < -0.39 is 17.7 Å². The van der Waals surface area contributed by atoms with Crippen molar-refractivity contribution in [3.63, 3.8) is 0 Å². The first-order chi connectivity index (χ1) is 12.0. The zero-order valence-corrected chi connectivity index (χ0v) is 14.8. The number of carbonyl (C=O) groups is 1. The SMILES string of the molecule is O=C(O)C[C@@]1(O)CCC[C@@H](/C=C/[C@@H](O)CCCCc2ccccc2)C1. The largest absolute Gasteiger partial charge is 0.481 e. The normalized spacial score (nSPS) is 25.1. The van der Waals surface area contributed by atoms with Crippen LogP contribution >= 0.6 is 0 Å². The second-order valence-corrected chi connectivity index (χ2v) is 7.33. The topological polar surface area (TPSA) is 77.8 Å². The Morgan fingerprint density at radius 2 is 2.04 bits per heavy atom. The molecule has 4 nitrogen and oxygen atoms in total. The van der Waals surface area contributed by atoms with Gasteiger partial charge in [-0.1, -0.05) is 48.9 Å². The Morgan fingerprint density at radius 3 is 2.76 bits per heavy atom. The second kappa shape index (κ2) is 9.73. The highest BCUT2D eigenvalue weighted by molar-refractivity contribution is 5.68. The minimum Gasteiger partial charge on any atom is -0.481 e. The fraction of sp³-hybridized carbons (Fsp3) is 0.571. The summed E-state index contributed by atoms with van der Waals surface area (Å²) in [4.78, 5) is 10.9. The molecular weight excluding hydrogens is 316 g/mol. The summed E-state index contributed by atoms with van der Waals surface area (Å²) in [6.07, 6.45) is 9.69. The molecule has 138 valence electrons. The van der Waals surface area contributed by atoms with Crippen molar-refractivity contribution in [2.75, 3.05) is 0 Å². The van der Waals surface area contributed by atoms with Crippen molar-refractivity contribution in [1.82, 2.24) is 0 Å². The molecule has 0 saturated heterocycles. The average molecular weight is 346 g/mol. The van der Waals surface area contributed by atoms with Crippen molar-refractivity contribution in [2.24, 2.45) is 5.92 Å². The van der Waals surface area contributed by atoms with Crippen LogP contribution in [0.2, 0.25) is 0 Å². The van der Waals surface area contributed by atoms with E-state index in [4.69, 9.17) is 5.11 Å². The van der Waals surface area contributed by atoms with Crippen LogP contribution < -0.4 is 0 Å². The Bertz CT molecular complexity index is 554. The predicted molar refractivity (Wildman–Crippen MR) is 98.3 cm³/mol. The maximum Gasteiger partial charge on any atom is 0.306 e. The van der Waals surface area contributed by atoms with E-state index in [1.807, 2.05) is 30.4 Å². The number of unbranched alkanes of at least 4 members (excludes halogenated alkanes) is 1. The number of aryl methyl sites for hydroxylation is 1. The summed E-state index contributed by atoms with van der Waals surface area (Å²) in [5.41, 5.74) is 0.229. The molecule has 0 radical (unpaired) electrons. The molecule has 0 aromatic heterocycles. The van der Waals surface area contributed by atoms with Crippen LogP contribution in [0.4, 0.5) is 0 Å². The van der Waals surface area contributed by atoms with Crippen molar-refractivity contribution >= 4 is 5.97 Å². The molecule has 0 spiro atoms. The summed E-state index contributed by atoms with van der Waals surface area (Å²) >= 11 is 0. The molecule has 3 atom stereocenters. The molecular formula is C21H30O4. The molecule has 2 rings (SSSR count). The first-order valence-electron chi connectivity index (χ1n) is 9.31. The van der Waals surface area contributed by atoms with Gasteiger partial charge < -0.3 is 15.3 Å². The third kappa shape index (κ3) is 7.41. The molecule has 4 heteroatoms. The molecule has 1 saturated carbocycles. The van der Waals surface area contributed by atoms with E-state index in [2.05, 4.69) is 12.1 Å². The van der Waals surface area contributed by atoms with Gasteiger partial charge in [0, 0.05) is 0 Å². The maximum atomic E-state index is 10.9. The van der Waals surface area contributed by atoms with Gasteiger partial charge in [0.2, 0.25) is 0 Å². The lowest BCUT2D eigenvalue weighted by Gasteiger charge is -2.34. The number of aliphatic hydroxyl groups excluding tert-OH is 1. The smallest absolute Gasteiger partial charge is 0.306 e. The highest BCUT2D eigenvalue weighted by Crippen LogP contribution is 2.35. The summed E-state index contributed by atoms with van der Waals surface area (Å²) in [5, 5.41) is 29.4. The summed E-state index contributed by atoms with van der Waals surface area (Å²) in [6, 6.07) is 10.3. The number of carboxylic acid groups (broad SMARTS) is 1. The number of allylic oxidation sites excluding steroid dienone is 1. The standard InChI is InChI=1S/C21H30O4/c22-19(11-5-4-9-17-7-2-1-3-8-17)13-12-18-10-6-14-21(25,15-18)16-20(23)24/h1-3,7-8,12-13,18-19,22,25H,4-6,9-11,14-16H2,(H,23,24)/b13-12+/t18-,19-,21+/m0/s1. The Hall–Kier alpha value is -1.65. The third-order valence-corrected chi connectivity index (χ3v) is 5.00. The molecule has 3 N–H and O–H groups in total. The Labute approximate surface area is 150 Å². The van der Waals surface area contributed by atoms with Crippen LogP contribution in [0.1, 0.15) is 56.9 Å². The lowest BCUT2D eigenvalue weighted by atomic mass is 9.76. The lowest BCUT2D eigenvalue weighted by Crippen LogP contribution is -2.37. The average Bonchev–Trinajstić information content (AvgIpc) is 2.57. The van der Waals surface area contributed by atoms with Gasteiger partial charge in [0.05, 0.1) is 18.1 Å². The van der Waals surface area contributed by atoms with E-state index in [1.54, 1.807) is 0 Å². The fourth-order valence-electron chi connectivity index (χ4n) is 3.70. The number of aliphatic hydroxyl groups is 2. The Kier molecular flexibility index (Phi) is 7.66. The van der Waals surface area contributed by atoms with Gasteiger partial charge in [0.15, 0.2) is 0 Å². The molecule has 0 heterocycles. The minimum atomic E-state index is -1.10. The van der Waals surface area contributed by atoms with Crippen LogP contribution in [0.15, 0.2) is 42.5 Å². The molecule has 1 aromatic rings. The molecule has 25 heavy (non-hydrogen) atoms. The van der Waals surface area contributed by atoms with E-state index in [1.165, 1.54) is 5.56 Å². The summed E-state index contributed by atoms with van der Waals surface area (Å²) < 4.78 is 0. The second-order valence-electron chi connectivity index (χ2n) is 7.33. The van der Waals surface area contributed by atoms with E-state index in [-0.39, 0.29) is 12.3 Å². The number of benzene rings is 1. The highest BCUT2D eigenvalue weighted by Gasteiger charge is 2.35. The number of rotatable bonds is 9. The van der Waals surface area contributed by atoms with E-state index in [9.17, 15) is 15.0 Å². The predicted octanol–water partition coefficient (Wildman–Crippen LogP) is 3.71. The van der Waals surface area contributed by atoms with E-state index >= 15 is 0 Å². The van der Waals surface area contributed by atoms with Crippen molar-refractivity contribution < 1.29 is 20.1 Å². The monoisotopic (exact) mass is 346 g/mol.